The van der Waals surface area contributed by atoms with Crippen molar-refractivity contribution in [2.24, 2.45) is 0 Å². The molecule has 0 aromatic rings. The van der Waals surface area contributed by atoms with Crippen LogP contribution in [0.4, 0.5) is 0 Å². The summed E-state index contributed by atoms with van der Waals surface area (Å²) in [5.41, 5.74) is 0. The number of hydrogen-bond acceptors (Lipinski definition) is 2. The number of carbonyl (C=O) groups is 2. The van der Waals surface area contributed by atoms with Crippen molar-refractivity contribution in [3.63, 3.8) is 0 Å². The van der Waals surface area contributed by atoms with E-state index in [2.05, 4.69) is 13.8 Å². The van der Waals surface area contributed by atoms with E-state index in [1.54, 1.807) is 12.2 Å². The fourth-order valence-corrected chi connectivity index (χ4v) is 5.64. The summed E-state index contributed by atoms with van der Waals surface area (Å²) in [5.74, 6) is -1.66. The molecule has 5 heteroatoms. The molecule has 0 aromatic heterocycles. The van der Waals surface area contributed by atoms with E-state index in [1.807, 2.05) is 0 Å². The summed E-state index contributed by atoms with van der Waals surface area (Å²) in [6.45, 7) is 4.55. The van der Waals surface area contributed by atoms with Crippen molar-refractivity contribution >= 4 is 11.9 Å². The van der Waals surface area contributed by atoms with E-state index < -0.39 is 11.9 Å². The maximum atomic E-state index is 10.3. The van der Waals surface area contributed by atoms with Crippen LogP contribution in [0.15, 0.2) is 24.3 Å². The predicted octanol–water partition coefficient (Wildman–Crippen LogP) is 13.8. The van der Waals surface area contributed by atoms with Gasteiger partial charge < -0.3 is 10.2 Å². The van der Waals surface area contributed by atoms with Crippen molar-refractivity contribution < 1.29 is 39.3 Å². The van der Waals surface area contributed by atoms with E-state index >= 15 is 0 Å². The number of allylic oxidation sites excluding steroid dienone is 2. The quantitative estimate of drug-likeness (QED) is 0.0401. The van der Waals surface area contributed by atoms with E-state index in [0.29, 0.717) is 0 Å². The van der Waals surface area contributed by atoms with Gasteiger partial charge in [0, 0.05) is 31.6 Å². The zero-order valence-corrected chi connectivity index (χ0v) is 33.3. The first-order valence-corrected chi connectivity index (χ1v) is 19.3. The standard InChI is InChI=1S/2C20H38O2.Zn/c2*1-2-3-4-5-6-7-8-9-10-11-12-13-14-15-16-17-18-19-20(21)22;/h2*18-19H,2-17H2,1H3,(H,21,22);. The van der Waals surface area contributed by atoms with Crippen LogP contribution in [0.5, 0.6) is 0 Å². The van der Waals surface area contributed by atoms with Crippen LogP contribution in [0, 0.1) is 0 Å². The second-order valence-corrected chi connectivity index (χ2v) is 13.0. The Labute approximate surface area is 293 Å². The minimum absolute atomic E-state index is 0. The Kier molecular flexibility index (Phi) is 48.6. The predicted molar refractivity (Wildman–Crippen MR) is 193 cm³/mol. The van der Waals surface area contributed by atoms with Gasteiger partial charge >= 0.3 is 11.9 Å². The molecule has 262 valence electrons. The van der Waals surface area contributed by atoms with E-state index in [9.17, 15) is 9.59 Å². The van der Waals surface area contributed by atoms with Gasteiger partial charge in [-0.1, -0.05) is 206 Å². The minimum atomic E-state index is -0.832. The zero-order chi connectivity index (χ0) is 32.6. The molecule has 0 saturated carbocycles. The molecular formula is C40H76O4Zn. The third-order valence-electron chi connectivity index (χ3n) is 8.47. The van der Waals surface area contributed by atoms with Crippen LogP contribution < -0.4 is 0 Å². The summed E-state index contributed by atoms with van der Waals surface area (Å²) in [7, 11) is 0. The number of rotatable bonds is 34. The molecule has 0 fully saturated rings. The fourth-order valence-electron chi connectivity index (χ4n) is 5.64. The largest absolute Gasteiger partial charge is 0.478 e. The van der Waals surface area contributed by atoms with Crippen molar-refractivity contribution in [3.8, 4) is 0 Å². The maximum Gasteiger partial charge on any atom is 0.327 e. The van der Waals surface area contributed by atoms with Gasteiger partial charge in [-0.3, -0.25) is 0 Å². The molecule has 0 aromatic carbocycles. The second-order valence-electron chi connectivity index (χ2n) is 13.0. The SMILES string of the molecule is CCCCCCCCCCCCCCCCCC=CC(=O)O.CCCCCCCCCCCCCCCCCC=CC(=O)O.[Zn]. The molecule has 2 N–H and O–H groups in total. The Hall–Kier alpha value is -0.957. The molecule has 0 aliphatic carbocycles. The third-order valence-corrected chi connectivity index (χ3v) is 8.47. The minimum Gasteiger partial charge on any atom is -0.478 e. The smallest absolute Gasteiger partial charge is 0.327 e. The van der Waals surface area contributed by atoms with Gasteiger partial charge in [-0.05, 0) is 25.7 Å². The molecule has 0 heterocycles. The van der Waals surface area contributed by atoms with Gasteiger partial charge in [-0.15, -0.1) is 0 Å². The van der Waals surface area contributed by atoms with E-state index in [-0.39, 0.29) is 19.5 Å². The Balaban J connectivity index is -0.000000767. The fraction of sp³-hybridized carbons (Fsp3) is 0.850. The molecule has 4 nitrogen and oxygen atoms in total. The average molecular weight is 686 g/mol. The summed E-state index contributed by atoms with van der Waals surface area (Å²) >= 11 is 0. The van der Waals surface area contributed by atoms with Gasteiger partial charge in [-0.25, -0.2) is 9.59 Å². The number of hydrogen-bond donors (Lipinski definition) is 2. The topological polar surface area (TPSA) is 74.6 Å². The van der Waals surface area contributed by atoms with Gasteiger partial charge in [0.25, 0.3) is 0 Å². The zero-order valence-electron chi connectivity index (χ0n) is 30.4. The third kappa shape index (κ3) is 52.8. The molecule has 0 radical (unpaired) electrons. The van der Waals surface area contributed by atoms with Gasteiger partial charge in [0.05, 0.1) is 0 Å². The molecule has 0 saturated heterocycles. The number of carboxylic acids is 2. The Bertz CT molecular complexity index is 578. The molecule has 0 aliphatic rings. The Morgan fingerprint density at radius 3 is 0.711 bits per heavy atom. The first-order chi connectivity index (χ1) is 21.5. The summed E-state index contributed by atoms with van der Waals surface area (Å²) in [5, 5.41) is 16.9. The Morgan fingerprint density at radius 1 is 0.356 bits per heavy atom. The average Bonchev–Trinajstić information content (AvgIpc) is 3.00. The van der Waals surface area contributed by atoms with Crippen molar-refractivity contribution in [3.05, 3.63) is 24.3 Å². The molecule has 0 aliphatic heterocycles. The van der Waals surface area contributed by atoms with E-state index in [0.717, 1.165) is 25.7 Å². The summed E-state index contributed by atoms with van der Waals surface area (Å²) in [4.78, 5) is 20.5. The number of carboxylic acid groups (broad SMARTS) is 2. The Morgan fingerprint density at radius 2 is 0.533 bits per heavy atom. The second kappa shape index (κ2) is 45.2. The van der Waals surface area contributed by atoms with Crippen LogP contribution in [0.1, 0.15) is 219 Å². The molecule has 0 atom stereocenters. The summed E-state index contributed by atoms with van der Waals surface area (Å²) in [6.07, 6.45) is 49.0. The van der Waals surface area contributed by atoms with Gasteiger partial charge in [0.1, 0.15) is 0 Å². The molecule has 0 unspecified atom stereocenters. The van der Waals surface area contributed by atoms with Crippen molar-refractivity contribution in [2.45, 2.75) is 219 Å². The van der Waals surface area contributed by atoms with Crippen LogP contribution in [0.3, 0.4) is 0 Å². The van der Waals surface area contributed by atoms with E-state index in [4.69, 9.17) is 10.2 Å². The van der Waals surface area contributed by atoms with Gasteiger partial charge in [0.2, 0.25) is 0 Å². The molecule has 0 bridgehead atoms. The molecule has 0 rings (SSSR count). The normalized spacial score (nSPS) is 11.1. The van der Waals surface area contributed by atoms with Gasteiger partial charge in [-0.2, -0.15) is 0 Å². The molecule has 0 spiro atoms. The van der Waals surface area contributed by atoms with Crippen LogP contribution in [-0.2, 0) is 29.1 Å². The van der Waals surface area contributed by atoms with Crippen LogP contribution in [-0.4, -0.2) is 22.2 Å². The van der Waals surface area contributed by atoms with Crippen molar-refractivity contribution in [1.82, 2.24) is 0 Å². The molecular weight excluding hydrogens is 610 g/mol. The first-order valence-electron chi connectivity index (χ1n) is 19.3. The van der Waals surface area contributed by atoms with Crippen LogP contribution in [0.2, 0.25) is 0 Å². The van der Waals surface area contributed by atoms with Crippen LogP contribution >= 0.6 is 0 Å². The first kappa shape index (κ1) is 48.4. The number of aliphatic carboxylic acids is 2. The number of unbranched alkanes of at least 4 members (excludes halogenated alkanes) is 30. The maximum absolute atomic E-state index is 10.3. The molecule has 45 heavy (non-hydrogen) atoms. The summed E-state index contributed by atoms with van der Waals surface area (Å²) in [6, 6.07) is 0. The van der Waals surface area contributed by atoms with Gasteiger partial charge in [0.15, 0.2) is 0 Å². The van der Waals surface area contributed by atoms with Crippen molar-refractivity contribution in [2.75, 3.05) is 0 Å². The van der Waals surface area contributed by atoms with E-state index in [1.165, 1.54) is 192 Å². The van der Waals surface area contributed by atoms with Crippen LogP contribution in [0.25, 0.3) is 0 Å². The molecule has 0 amide bonds. The summed E-state index contributed by atoms with van der Waals surface area (Å²) < 4.78 is 0. The van der Waals surface area contributed by atoms with Crippen molar-refractivity contribution in [1.29, 1.82) is 0 Å². The monoisotopic (exact) mass is 685 g/mol.